The summed E-state index contributed by atoms with van der Waals surface area (Å²) in [6.07, 6.45) is 0. The van der Waals surface area contributed by atoms with Gasteiger partial charge in [0.05, 0.1) is 9.92 Å². The molecule has 0 aliphatic carbocycles. The van der Waals surface area contributed by atoms with Crippen LogP contribution < -0.4 is 51.4 Å². The summed E-state index contributed by atoms with van der Waals surface area (Å²) in [5.41, 5.74) is 0. The number of benzene rings is 1. The van der Waals surface area contributed by atoms with Gasteiger partial charge >= 0.3 is 51.4 Å². The predicted molar refractivity (Wildman–Crippen MR) is 44.4 cm³/mol. The first kappa shape index (κ1) is 14.3. The first-order valence-corrected chi connectivity index (χ1v) is 4.98. The fraction of sp³-hybridized carbons (Fsp3) is 0. The van der Waals surface area contributed by atoms with E-state index in [1.165, 1.54) is 12.1 Å². The number of rotatable bonds is 1. The Morgan fingerprint density at radius 1 is 1.23 bits per heavy atom. The molecule has 0 fully saturated rings. The zero-order valence-corrected chi connectivity index (χ0v) is 12.1. The van der Waals surface area contributed by atoms with Crippen molar-refractivity contribution < 1.29 is 64.4 Å². The number of hydrogen-bond donors (Lipinski definition) is 0. The maximum absolute atomic E-state index is 10.5. The van der Waals surface area contributed by atoms with Gasteiger partial charge in [-0.1, -0.05) is 23.2 Å². The van der Waals surface area contributed by atoms with E-state index in [2.05, 4.69) is 0 Å². The molecule has 1 aromatic rings. The summed E-state index contributed by atoms with van der Waals surface area (Å²) in [7, 11) is -4.52. The minimum atomic E-state index is -4.52. The molecule has 0 heterocycles. The van der Waals surface area contributed by atoms with Gasteiger partial charge in [-0.3, -0.25) is 0 Å². The zero-order valence-electron chi connectivity index (χ0n) is 6.62. The van der Waals surface area contributed by atoms with Crippen molar-refractivity contribution in [2.24, 2.45) is 0 Å². The molecule has 66 valence electrons. The van der Waals surface area contributed by atoms with Gasteiger partial charge in [0.15, 0.2) is 0 Å². The Labute approximate surface area is 129 Å². The Hall–Kier alpha value is 1.35. The average Bonchev–Trinajstić information content (AvgIpc) is 1.92. The summed E-state index contributed by atoms with van der Waals surface area (Å²) in [6.45, 7) is 0. The van der Waals surface area contributed by atoms with E-state index in [9.17, 15) is 13.0 Å². The van der Waals surface area contributed by atoms with Crippen molar-refractivity contribution in [1.29, 1.82) is 0 Å². The van der Waals surface area contributed by atoms with Crippen molar-refractivity contribution in [1.82, 2.24) is 0 Å². The average molecular weight is 265 g/mol. The summed E-state index contributed by atoms with van der Waals surface area (Å²) in [5.74, 6) is 0. The molecule has 0 saturated carbocycles. The molecule has 7 heteroatoms. The van der Waals surface area contributed by atoms with Crippen LogP contribution >= 0.6 is 23.2 Å². The van der Waals surface area contributed by atoms with Crippen molar-refractivity contribution in [3.63, 3.8) is 0 Å². The number of hydrogen-bond acceptors (Lipinski definition) is 3. The Morgan fingerprint density at radius 3 is 2.15 bits per heavy atom. The van der Waals surface area contributed by atoms with E-state index in [0.717, 1.165) is 6.07 Å². The summed E-state index contributed by atoms with van der Waals surface area (Å²) < 4.78 is 31.5. The van der Waals surface area contributed by atoms with E-state index in [1.807, 2.05) is 0 Å². The van der Waals surface area contributed by atoms with Crippen molar-refractivity contribution in [2.45, 2.75) is 4.90 Å². The second-order valence-electron chi connectivity index (χ2n) is 2.03. The third-order valence-electron chi connectivity index (χ3n) is 1.16. The third-order valence-corrected chi connectivity index (χ3v) is 2.72. The van der Waals surface area contributed by atoms with Gasteiger partial charge in [-0.2, -0.15) is 0 Å². The molecule has 13 heavy (non-hydrogen) atoms. The summed E-state index contributed by atoms with van der Waals surface area (Å²) in [5, 5.41) is 0.0447. The molecular weight excluding hydrogens is 262 g/mol. The van der Waals surface area contributed by atoms with Crippen LogP contribution in [0.25, 0.3) is 0 Å². The van der Waals surface area contributed by atoms with E-state index in [4.69, 9.17) is 23.2 Å². The summed E-state index contributed by atoms with van der Waals surface area (Å²) in [4.78, 5) is -0.489. The number of halogens is 2. The first-order valence-electron chi connectivity index (χ1n) is 2.82. The summed E-state index contributed by atoms with van der Waals surface area (Å²) >= 11 is 10.9. The van der Waals surface area contributed by atoms with Crippen molar-refractivity contribution >= 4 is 33.3 Å². The smallest absolute Gasteiger partial charge is 0.744 e. The van der Waals surface area contributed by atoms with Crippen molar-refractivity contribution in [3.8, 4) is 0 Å². The van der Waals surface area contributed by atoms with E-state index in [0.29, 0.717) is 0 Å². The first-order chi connectivity index (χ1) is 5.41. The zero-order chi connectivity index (χ0) is 9.35. The van der Waals surface area contributed by atoms with Crippen LogP contribution in [0.4, 0.5) is 0 Å². The second-order valence-corrected chi connectivity index (χ2v) is 4.22. The van der Waals surface area contributed by atoms with Gasteiger partial charge in [0.1, 0.15) is 10.1 Å². The molecule has 0 atom stereocenters. The molecule has 0 aliphatic heterocycles. The topological polar surface area (TPSA) is 57.2 Å². The van der Waals surface area contributed by atoms with Crippen LogP contribution in [0.2, 0.25) is 10.0 Å². The quantitative estimate of drug-likeness (QED) is 0.478. The molecule has 0 saturated heterocycles. The molecule has 0 radical (unpaired) electrons. The van der Waals surface area contributed by atoms with Crippen LogP contribution in [0.5, 0.6) is 0 Å². The fourth-order valence-electron chi connectivity index (χ4n) is 0.669. The molecule has 0 bridgehead atoms. The summed E-state index contributed by atoms with van der Waals surface area (Å²) in [6, 6.07) is 3.68. The third kappa shape index (κ3) is 4.15. The normalized spacial score (nSPS) is 10.7. The van der Waals surface area contributed by atoms with Gasteiger partial charge in [0.2, 0.25) is 0 Å². The minimum Gasteiger partial charge on any atom is -0.744 e. The van der Waals surface area contributed by atoms with Crippen molar-refractivity contribution in [3.05, 3.63) is 28.2 Å². The van der Waals surface area contributed by atoms with E-state index < -0.39 is 15.0 Å². The molecule has 0 N–H and O–H groups in total. The Morgan fingerprint density at radius 2 is 1.77 bits per heavy atom. The van der Waals surface area contributed by atoms with E-state index in [1.54, 1.807) is 0 Å². The van der Waals surface area contributed by atoms with Crippen LogP contribution in [-0.4, -0.2) is 13.0 Å². The van der Waals surface area contributed by atoms with Gasteiger partial charge in [-0.15, -0.1) is 0 Å². The van der Waals surface area contributed by atoms with Gasteiger partial charge in [0, 0.05) is 5.02 Å². The van der Waals surface area contributed by atoms with Gasteiger partial charge in [-0.05, 0) is 18.2 Å². The maximum atomic E-state index is 10.5. The molecule has 0 amide bonds. The van der Waals surface area contributed by atoms with Gasteiger partial charge < -0.3 is 4.55 Å². The molecule has 0 aromatic heterocycles. The molecular formula is C6H3Cl2KO3S. The Balaban J connectivity index is 0.00000144. The molecule has 1 rings (SSSR count). The van der Waals surface area contributed by atoms with Crippen LogP contribution in [0.3, 0.4) is 0 Å². The van der Waals surface area contributed by atoms with Crippen LogP contribution in [0, 0.1) is 0 Å². The predicted octanol–water partition coefficient (Wildman–Crippen LogP) is -1.10. The van der Waals surface area contributed by atoms with E-state index in [-0.39, 0.29) is 61.4 Å². The monoisotopic (exact) mass is 264 g/mol. The van der Waals surface area contributed by atoms with Crippen LogP contribution in [0.1, 0.15) is 0 Å². The SMILES string of the molecule is O=S(=O)([O-])c1cc(Cl)ccc1Cl.[K+]. The minimum absolute atomic E-state index is 0. The largest absolute Gasteiger partial charge is 1.00 e. The maximum Gasteiger partial charge on any atom is 1.00 e. The standard InChI is InChI=1S/C6H4Cl2O3S.K/c7-4-1-2-5(8)6(3-4)12(9,10)11;/h1-3H,(H,9,10,11);/q;+1/p-1. The molecule has 0 spiro atoms. The fourth-order valence-corrected chi connectivity index (χ4v) is 1.88. The molecule has 1 aromatic carbocycles. The van der Waals surface area contributed by atoms with Crippen LogP contribution in [-0.2, 0) is 10.1 Å². The Bertz CT molecular complexity index is 404. The molecule has 0 unspecified atom stereocenters. The molecule has 0 aliphatic rings. The van der Waals surface area contributed by atoms with Gasteiger partial charge in [-0.25, -0.2) is 8.42 Å². The second kappa shape index (κ2) is 5.44. The Kier molecular flexibility index (Phi) is 6.00. The molecule has 3 nitrogen and oxygen atoms in total. The van der Waals surface area contributed by atoms with Crippen LogP contribution in [0.15, 0.2) is 23.1 Å². The van der Waals surface area contributed by atoms with E-state index >= 15 is 0 Å². The van der Waals surface area contributed by atoms with Gasteiger partial charge in [0.25, 0.3) is 0 Å². The van der Waals surface area contributed by atoms with Crippen molar-refractivity contribution in [2.75, 3.05) is 0 Å².